The van der Waals surface area contributed by atoms with Crippen molar-refractivity contribution >= 4 is 41.5 Å². The zero-order chi connectivity index (χ0) is 9.47. The topological polar surface area (TPSA) is 53.0 Å². The van der Waals surface area contributed by atoms with Gasteiger partial charge in [0, 0.05) is 8.77 Å². The van der Waals surface area contributed by atoms with Crippen LogP contribution < -0.4 is 29.6 Å². The summed E-state index contributed by atoms with van der Waals surface area (Å²) in [6.07, 6.45) is 0. The minimum atomic E-state index is -3.57. The predicted octanol–water partition coefficient (Wildman–Crippen LogP) is -1.46. The van der Waals surface area contributed by atoms with Crippen molar-refractivity contribution in [2.75, 3.05) is 0 Å². The Labute approximate surface area is 112 Å². The van der Waals surface area contributed by atoms with E-state index in [1.807, 2.05) is 18.2 Å². The van der Waals surface area contributed by atoms with Crippen molar-refractivity contribution in [3.05, 3.63) is 24.3 Å². The van der Waals surface area contributed by atoms with Crippen molar-refractivity contribution in [1.82, 2.24) is 4.98 Å². The molecule has 1 heterocycles. The fourth-order valence-corrected chi connectivity index (χ4v) is 2.96. The second-order valence-electron chi connectivity index (χ2n) is 2.40. The van der Waals surface area contributed by atoms with Gasteiger partial charge < -0.3 is 4.55 Å². The van der Waals surface area contributed by atoms with Gasteiger partial charge in [-0.1, -0.05) is 12.1 Å². The molecule has 0 amide bonds. The molecule has 2 rings (SSSR count). The first-order valence-electron chi connectivity index (χ1n) is 3.39. The Morgan fingerprint density at radius 3 is 2.64 bits per heavy atom. The van der Waals surface area contributed by atoms with E-state index in [4.69, 9.17) is 0 Å². The SMILES string of the molecule is O=S([O-])(=S)c1nc2ccccc2s1.[Na+]. The van der Waals surface area contributed by atoms with Crippen LogP contribution in [-0.4, -0.2) is 13.7 Å². The molecule has 1 unspecified atom stereocenters. The first-order chi connectivity index (χ1) is 6.07. The van der Waals surface area contributed by atoms with Crippen molar-refractivity contribution in [1.29, 1.82) is 0 Å². The summed E-state index contributed by atoms with van der Waals surface area (Å²) in [5.74, 6) is 0. The van der Waals surface area contributed by atoms with Crippen LogP contribution in [0.2, 0.25) is 0 Å². The molecule has 3 nitrogen and oxygen atoms in total. The molecule has 0 saturated heterocycles. The van der Waals surface area contributed by atoms with E-state index < -0.39 is 8.77 Å². The van der Waals surface area contributed by atoms with Gasteiger partial charge in [-0.05, 0) is 23.3 Å². The molecule has 0 radical (unpaired) electrons. The smallest absolute Gasteiger partial charge is 0.764 e. The molecule has 0 spiro atoms. The number of aromatic nitrogens is 1. The first-order valence-corrected chi connectivity index (χ1v) is 6.61. The molecule has 1 aromatic carbocycles. The van der Waals surface area contributed by atoms with Gasteiger partial charge in [0.2, 0.25) is 0 Å². The number of nitrogens with zero attached hydrogens (tertiary/aromatic N) is 1. The van der Waals surface area contributed by atoms with Gasteiger partial charge in [0.1, 0.15) is 0 Å². The van der Waals surface area contributed by atoms with Gasteiger partial charge in [0.05, 0.1) is 10.2 Å². The fourth-order valence-electron chi connectivity index (χ4n) is 0.958. The van der Waals surface area contributed by atoms with E-state index in [2.05, 4.69) is 16.2 Å². The summed E-state index contributed by atoms with van der Waals surface area (Å²) in [6, 6.07) is 7.22. The number of para-hydroxylation sites is 1. The van der Waals surface area contributed by atoms with Crippen LogP contribution in [0.25, 0.3) is 10.2 Å². The Balaban J connectivity index is 0.000000980. The van der Waals surface area contributed by atoms with E-state index in [-0.39, 0.29) is 33.9 Å². The number of hydrogen-bond donors (Lipinski definition) is 0. The van der Waals surface area contributed by atoms with Crippen LogP contribution in [0.15, 0.2) is 28.6 Å². The molecule has 68 valence electrons. The number of hydrogen-bond acceptors (Lipinski definition) is 5. The minimum absolute atomic E-state index is 0. The Bertz CT molecular complexity index is 516. The van der Waals surface area contributed by atoms with Gasteiger partial charge in [-0.15, -0.1) is 11.3 Å². The van der Waals surface area contributed by atoms with E-state index in [0.29, 0.717) is 5.52 Å². The molecular weight excluding hydrogens is 249 g/mol. The molecule has 2 aromatic rings. The van der Waals surface area contributed by atoms with Crippen LogP contribution in [0.4, 0.5) is 0 Å². The Morgan fingerprint density at radius 2 is 2.07 bits per heavy atom. The quantitative estimate of drug-likeness (QED) is 0.583. The van der Waals surface area contributed by atoms with Crippen LogP contribution in [-0.2, 0) is 20.0 Å². The van der Waals surface area contributed by atoms with Crippen LogP contribution in [0.1, 0.15) is 0 Å². The van der Waals surface area contributed by atoms with E-state index in [0.717, 1.165) is 16.0 Å². The minimum Gasteiger partial charge on any atom is -0.764 e. The third-order valence-corrected chi connectivity index (χ3v) is 4.54. The number of thiazole rings is 1. The molecule has 1 atom stereocenters. The van der Waals surface area contributed by atoms with Crippen molar-refractivity contribution < 1.29 is 38.3 Å². The molecule has 0 aliphatic carbocycles. The molecule has 7 heteroatoms. The summed E-state index contributed by atoms with van der Waals surface area (Å²) < 4.78 is 22.8. The van der Waals surface area contributed by atoms with Gasteiger partial charge in [0.15, 0.2) is 4.34 Å². The molecule has 0 N–H and O–H groups in total. The third-order valence-electron chi connectivity index (χ3n) is 1.49. The van der Waals surface area contributed by atoms with Gasteiger partial charge in [-0.2, -0.15) is 0 Å². The second kappa shape index (κ2) is 4.52. The van der Waals surface area contributed by atoms with Crippen LogP contribution in [0.5, 0.6) is 0 Å². The molecular formula is C7H4NNaO2S3. The van der Waals surface area contributed by atoms with Crippen molar-refractivity contribution in [2.24, 2.45) is 0 Å². The molecule has 0 aliphatic heterocycles. The maximum Gasteiger partial charge on any atom is 1.00 e. The van der Waals surface area contributed by atoms with E-state index >= 15 is 0 Å². The zero-order valence-corrected chi connectivity index (χ0v) is 11.7. The van der Waals surface area contributed by atoms with E-state index in [1.165, 1.54) is 0 Å². The maximum atomic E-state index is 11.0. The third kappa shape index (κ3) is 2.52. The Kier molecular flexibility index (Phi) is 4.04. The zero-order valence-electron chi connectivity index (χ0n) is 7.30. The molecule has 0 aliphatic rings. The fraction of sp³-hybridized carbons (Fsp3) is 0. The maximum absolute atomic E-state index is 11.0. The summed E-state index contributed by atoms with van der Waals surface area (Å²) in [5.41, 5.74) is 0.677. The van der Waals surface area contributed by atoms with E-state index in [9.17, 15) is 8.76 Å². The van der Waals surface area contributed by atoms with Crippen molar-refractivity contribution in [2.45, 2.75) is 4.34 Å². The van der Waals surface area contributed by atoms with Crippen LogP contribution >= 0.6 is 11.3 Å². The van der Waals surface area contributed by atoms with Crippen molar-refractivity contribution in [3.63, 3.8) is 0 Å². The monoisotopic (exact) mass is 253 g/mol. The van der Waals surface area contributed by atoms with Gasteiger partial charge >= 0.3 is 29.6 Å². The first kappa shape index (κ1) is 12.5. The largest absolute Gasteiger partial charge is 1.00 e. The van der Waals surface area contributed by atoms with E-state index in [1.54, 1.807) is 6.07 Å². The van der Waals surface area contributed by atoms with Gasteiger partial charge in [-0.3, -0.25) is 4.21 Å². The normalized spacial score (nSPS) is 14.6. The summed E-state index contributed by atoms with van der Waals surface area (Å²) in [5, 5.41) is 0. The average molecular weight is 253 g/mol. The summed E-state index contributed by atoms with van der Waals surface area (Å²) in [7, 11) is -3.57. The molecule has 0 fully saturated rings. The molecule has 0 saturated carbocycles. The Morgan fingerprint density at radius 1 is 1.43 bits per heavy atom. The molecule has 14 heavy (non-hydrogen) atoms. The standard InChI is InChI=1S/C7H5NO2S3.Na/c9-13(10,11)7-8-5-3-1-2-4-6(5)12-7;/h1-4H,(H,9,10,11);/q;+1/p-1. The number of fused-ring (bicyclic) bond motifs is 1. The van der Waals surface area contributed by atoms with Gasteiger partial charge in [-0.25, -0.2) is 4.98 Å². The van der Waals surface area contributed by atoms with Crippen LogP contribution in [0.3, 0.4) is 0 Å². The van der Waals surface area contributed by atoms with Gasteiger partial charge in [0.25, 0.3) is 0 Å². The number of rotatable bonds is 1. The molecule has 0 bridgehead atoms. The number of benzene rings is 1. The van der Waals surface area contributed by atoms with Crippen molar-refractivity contribution in [3.8, 4) is 0 Å². The summed E-state index contributed by atoms with van der Waals surface area (Å²) in [6.45, 7) is 0. The second-order valence-corrected chi connectivity index (χ2v) is 6.30. The average Bonchev–Trinajstić information content (AvgIpc) is 2.45. The summed E-state index contributed by atoms with van der Waals surface area (Å²) in [4.78, 5) is 3.91. The summed E-state index contributed by atoms with van der Waals surface area (Å²) >= 11 is 5.41. The Hall–Kier alpha value is 0.440. The van der Waals surface area contributed by atoms with Crippen LogP contribution in [0, 0.1) is 0 Å². The molecule has 1 aromatic heterocycles. The predicted molar refractivity (Wildman–Crippen MR) is 54.2 cm³/mol.